The van der Waals surface area contributed by atoms with Crippen LogP contribution < -0.4 is 0 Å². The highest BCUT2D eigenvalue weighted by Gasteiger charge is 2.22. The zero-order valence-corrected chi connectivity index (χ0v) is 12.3. The van der Waals surface area contributed by atoms with Crippen molar-refractivity contribution in [1.82, 2.24) is 0 Å². The number of aliphatic hydroxyl groups is 1. The molecule has 0 radical (unpaired) electrons. The summed E-state index contributed by atoms with van der Waals surface area (Å²) in [7, 11) is 0. The Bertz CT molecular complexity index is 275. The molecule has 112 valence electrons. The van der Waals surface area contributed by atoms with Gasteiger partial charge in [-0.25, -0.2) is 9.59 Å². The number of aliphatic hydroxyl groups excluding tert-OH is 1. The highest BCUT2D eigenvalue weighted by atomic mass is 16.6. The van der Waals surface area contributed by atoms with Gasteiger partial charge in [0.2, 0.25) is 0 Å². The molecule has 0 bridgehead atoms. The first kappa shape index (κ1) is 17.9. The van der Waals surface area contributed by atoms with Crippen LogP contribution in [-0.4, -0.2) is 35.9 Å². The van der Waals surface area contributed by atoms with Crippen LogP contribution in [0.4, 0.5) is 0 Å². The number of ether oxygens (including phenoxy) is 2. The molecule has 3 unspecified atom stereocenters. The first-order chi connectivity index (χ1) is 8.92. The minimum absolute atomic E-state index is 0.351. The maximum atomic E-state index is 11.6. The van der Waals surface area contributed by atoms with Gasteiger partial charge in [-0.05, 0) is 26.2 Å². The van der Waals surface area contributed by atoms with E-state index >= 15 is 0 Å². The molecule has 1 N–H and O–H groups in total. The van der Waals surface area contributed by atoms with Crippen LogP contribution in [0.2, 0.25) is 0 Å². The van der Waals surface area contributed by atoms with Gasteiger partial charge >= 0.3 is 11.9 Å². The molecule has 0 aliphatic rings. The van der Waals surface area contributed by atoms with Crippen molar-refractivity contribution in [3.05, 3.63) is 0 Å². The summed E-state index contributed by atoms with van der Waals surface area (Å²) in [5, 5.41) is 8.98. The van der Waals surface area contributed by atoms with E-state index in [0.717, 1.165) is 25.7 Å². The van der Waals surface area contributed by atoms with Crippen LogP contribution in [0.25, 0.3) is 0 Å². The lowest BCUT2D eigenvalue weighted by atomic mass is 10.0. The normalized spacial score (nSPS) is 15.4. The van der Waals surface area contributed by atoms with Crippen molar-refractivity contribution in [3.8, 4) is 0 Å². The van der Waals surface area contributed by atoms with E-state index in [2.05, 4.69) is 13.8 Å². The SMILES string of the molecule is CCCCC(CC)COC(=O)C(C)OC(=O)C(C)O. The molecule has 0 aromatic rings. The van der Waals surface area contributed by atoms with Crippen LogP contribution in [0.5, 0.6) is 0 Å². The zero-order valence-electron chi connectivity index (χ0n) is 12.3. The molecule has 0 aromatic carbocycles. The average Bonchev–Trinajstić information content (AvgIpc) is 2.38. The summed E-state index contributed by atoms with van der Waals surface area (Å²) < 4.78 is 9.89. The minimum Gasteiger partial charge on any atom is -0.463 e. The van der Waals surface area contributed by atoms with Gasteiger partial charge in [0.25, 0.3) is 0 Å². The van der Waals surface area contributed by atoms with E-state index in [9.17, 15) is 9.59 Å². The predicted molar refractivity (Wildman–Crippen MR) is 71.5 cm³/mol. The van der Waals surface area contributed by atoms with E-state index in [1.165, 1.54) is 13.8 Å². The van der Waals surface area contributed by atoms with E-state index in [1.54, 1.807) is 0 Å². The number of carbonyl (C=O) groups is 2. The zero-order chi connectivity index (χ0) is 14.8. The van der Waals surface area contributed by atoms with Crippen LogP contribution in [0, 0.1) is 5.92 Å². The number of hydrogen-bond acceptors (Lipinski definition) is 5. The lowest BCUT2D eigenvalue weighted by Gasteiger charge is -2.17. The Balaban J connectivity index is 4.04. The molecule has 3 atom stereocenters. The van der Waals surface area contributed by atoms with Gasteiger partial charge in [0.15, 0.2) is 6.10 Å². The smallest absolute Gasteiger partial charge is 0.347 e. The van der Waals surface area contributed by atoms with Crippen molar-refractivity contribution in [2.75, 3.05) is 6.61 Å². The predicted octanol–water partition coefficient (Wildman–Crippen LogP) is 2.06. The van der Waals surface area contributed by atoms with Gasteiger partial charge < -0.3 is 14.6 Å². The van der Waals surface area contributed by atoms with Crippen molar-refractivity contribution in [1.29, 1.82) is 0 Å². The monoisotopic (exact) mass is 274 g/mol. The van der Waals surface area contributed by atoms with E-state index in [1.807, 2.05) is 0 Å². The van der Waals surface area contributed by atoms with Crippen molar-refractivity contribution < 1.29 is 24.2 Å². The van der Waals surface area contributed by atoms with Gasteiger partial charge in [-0.3, -0.25) is 0 Å². The fraction of sp³-hybridized carbons (Fsp3) is 0.857. The Kier molecular flexibility index (Phi) is 9.21. The lowest BCUT2D eigenvalue weighted by Crippen LogP contribution is -2.31. The standard InChI is InChI=1S/C14H26O5/c1-5-7-8-12(6-2)9-18-14(17)11(4)19-13(16)10(3)15/h10-12,15H,5-9H2,1-4H3. The molecule has 0 saturated carbocycles. The molecule has 0 spiro atoms. The number of carbonyl (C=O) groups excluding carboxylic acids is 2. The van der Waals surface area contributed by atoms with E-state index in [4.69, 9.17) is 14.6 Å². The molecule has 0 fully saturated rings. The molecule has 0 amide bonds. The molecule has 0 heterocycles. The van der Waals surface area contributed by atoms with Gasteiger partial charge in [0.1, 0.15) is 6.10 Å². The fourth-order valence-electron chi connectivity index (χ4n) is 1.54. The molecule has 0 aliphatic carbocycles. The molecule has 5 heteroatoms. The van der Waals surface area contributed by atoms with Crippen molar-refractivity contribution in [2.45, 2.75) is 65.6 Å². The largest absolute Gasteiger partial charge is 0.463 e. The van der Waals surface area contributed by atoms with Gasteiger partial charge in [-0.1, -0.05) is 33.1 Å². The van der Waals surface area contributed by atoms with Crippen molar-refractivity contribution >= 4 is 11.9 Å². The minimum atomic E-state index is -1.23. The third-order valence-corrected chi connectivity index (χ3v) is 2.97. The Morgan fingerprint density at radius 1 is 1.16 bits per heavy atom. The second-order valence-electron chi connectivity index (χ2n) is 4.80. The first-order valence-electron chi connectivity index (χ1n) is 6.97. The van der Waals surface area contributed by atoms with Gasteiger partial charge in [-0.2, -0.15) is 0 Å². The quantitative estimate of drug-likeness (QED) is 0.651. The summed E-state index contributed by atoms with van der Waals surface area (Å²) >= 11 is 0. The van der Waals surface area contributed by atoms with E-state index in [0.29, 0.717) is 12.5 Å². The first-order valence-corrected chi connectivity index (χ1v) is 6.97. The maximum absolute atomic E-state index is 11.6. The van der Waals surface area contributed by atoms with Crippen LogP contribution in [-0.2, 0) is 19.1 Å². The summed E-state index contributed by atoms with van der Waals surface area (Å²) in [5.74, 6) is -1.03. The lowest BCUT2D eigenvalue weighted by molar-refractivity contribution is -0.172. The summed E-state index contributed by atoms with van der Waals surface area (Å²) in [6.07, 6.45) is 2.00. The maximum Gasteiger partial charge on any atom is 0.347 e. The summed E-state index contributed by atoms with van der Waals surface area (Å²) in [6, 6.07) is 0. The third-order valence-electron chi connectivity index (χ3n) is 2.97. The Hall–Kier alpha value is -1.10. The highest BCUT2D eigenvalue weighted by molar-refractivity contribution is 5.80. The number of unbranched alkanes of at least 4 members (excludes halogenated alkanes) is 1. The third kappa shape index (κ3) is 7.82. The summed E-state index contributed by atoms with van der Waals surface area (Å²) in [4.78, 5) is 22.7. The highest BCUT2D eigenvalue weighted by Crippen LogP contribution is 2.13. The number of hydrogen-bond donors (Lipinski definition) is 1. The van der Waals surface area contributed by atoms with Crippen molar-refractivity contribution in [2.24, 2.45) is 5.92 Å². The van der Waals surface area contributed by atoms with Gasteiger partial charge in [-0.15, -0.1) is 0 Å². The molecule has 0 rings (SSSR count). The van der Waals surface area contributed by atoms with E-state index < -0.39 is 24.1 Å². The number of esters is 2. The molecular weight excluding hydrogens is 248 g/mol. The molecule has 0 aromatic heterocycles. The van der Waals surface area contributed by atoms with Gasteiger partial charge in [0, 0.05) is 0 Å². The second kappa shape index (κ2) is 9.78. The van der Waals surface area contributed by atoms with Crippen LogP contribution in [0.1, 0.15) is 53.4 Å². The van der Waals surface area contributed by atoms with Crippen LogP contribution >= 0.6 is 0 Å². The second-order valence-corrected chi connectivity index (χ2v) is 4.80. The van der Waals surface area contributed by atoms with Crippen LogP contribution in [0.15, 0.2) is 0 Å². The van der Waals surface area contributed by atoms with Crippen molar-refractivity contribution in [3.63, 3.8) is 0 Å². The van der Waals surface area contributed by atoms with Crippen LogP contribution in [0.3, 0.4) is 0 Å². The Morgan fingerprint density at radius 2 is 1.79 bits per heavy atom. The van der Waals surface area contributed by atoms with E-state index in [-0.39, 0.29) is 0 Å². The summed E-state index contributed by atoms with van der Waals surface area (Å²) in [6.45, 7) is 7.27. The van der Waals surface area contributed by atoms with Gasteiger partial charge in [0.05, 0.1) is 6.61 Å². The topological polar surface area (TPSA) is 72.8 Å². The average molecular weight is 274 g/mol. The number of rotatable bonds is 9. The molecule has 5 nitrogen and oxygen atoms in total. The molecule has 0 saturated heterocycles. The fourth-order valence-corrected chi connectivity index (χ4v) is 1.54. The molecule has 0 aliphatic heterocycles. The summed E-state index contributed by atoms with van der Waals surface area (Å²) in [5.41, 5.74) is 0. The molecular formula is C14H26O5. The Labute approximate surface area is 115 Å². The Morgan fingerprint density at radius 3 is 2.26 bits per heavy atom. The molecule has 19 heavy (non-hydrogen) atoms.